The van der Waals surface area contributed by atoms with Gasteiger partial charge in [-0.1, -0.05) is 0 Å². The minimum absolute atomic E-state index is 0.102. The zero-order valence-corrected chi connectivity index (χ0v) is 20.3. The van der Waals surface area contributed by atoms with Crippen molar-refractivity contribution in [2.45, 2.75) is 44.0 Å². The molecule has 3 aromatic rings. The Balaban J connectivity index is 1.74. The van der Waals surface area contributed by atoms with Crippen LogP contribution in [0, 0.1) is 0 Å². The van der Waals surface area contributed by atoms with Gasteiger partial charge in [-0.05, 0) is 57.1 Å². The molecular formula is C23H28N6O3S. The van der Waals surface area contributed by atoms with Crippen LogP contribution < -0.4 is 15.4 Å². The molecule has 3 atom stereocenters. The molecule has 1 unspecified atom stereocenters. The second-order valence-corrected chi connectivity index (χ2v) is 11.5. The average molecular weight is 469 g/mol. The van der Waals surface area contributed by atoms with Gasteiger partial charge in [0.15, 0.2) is 22.1 Å². The topological polar surface area (TPSA) is 122 Å². The summed E-state index contributed by atoms with van der Waals surface area (Å²) in [6, 6.07) is 5.85. The van der Waals surface area contributed by atoms with Crippen LogP contribution in [0.5, 0.6) is 5.75 Å². The first-order valence-electron chi connectivity index (χ1n) is 10.9. The van der Waals surface area contributed by atoms with Gasteiger partial charge < -0.3 is 24.7 Å². The molecule has 1 saturated heterocycles. The van der Waals surface area contributed by atoms with Crippen LogP contribution in [0.3, 0.4) is 0 Å². The fraction of sp³-hybridized carbons (Fsp3) is 0.478. The Hall–Kier alpha value is -2.69. The maximum absolute atomic E-state index is 12.7. The predicted octanol–water partition coefficient (Wildman–Crippen LogP) is 2.66. The molecule has 0 bridgehead atoms. The molecule has 9 nitrogen and oxygen atoms in total. The number of rotatable bonds is 3. The first-order chi connectivity index (χ1) is 15.6. The number of fused-ring (bicyclic) bond motifs is 4. The second kappa shape index (κ2) is 7.68. The highest BCUT2D eigenvalue weighted by Crippen LogP contribution is 2.46. The van der Waals surface area contributed by atoms with Gasteiger partial charge in [0.1, 0.15) is 12.3 Å². The van der Waals surface area contributed by atoms with E-state index < -0.39 is 15.9 Å². The highest BCUT2D eigenvalue weighted by Gasteiger charge is 2.48. The van der Waals surface area contributed by atoms with Crippen LogP contribution in [0.1, 0.15) is 33.4 Å². The van der Waals surface area contributed by atoms with Crippen LogP contribution in [0.25, 0.3) is 22.3 Å². The lowest BCUT2D eigenvalue weighted by Gasteiger charge is -2.51. The summed E-state index contributed by atoms with van der Waals surface area (Å²) in [6.45, 7) is 9.67. The Morgan fingerprint density at radius 2 is 2.03 bits per heavy atom. The summed E-state index contributed by atoms with van der Waals surface area (Å²) in [5.74, 6) is 2.08. The number of anilines is 2. The van der Waals surface area contributed by atoms with Gasteiger partial charge in [0, 0.05) is 17.1 Å². The van der Waals surface area contributed by atoms with Crippen molar-refractivity contribution in [1.29, 1.82) is 0 Å². The molecule has 1 fully saturated rings. The van der Waals surface area contributed by atoms with Crippen molar-refractivity contribution in [1.82, 2.24) is 19.9 Å². The monoisotopic (exact) mass is 468 g/mol. The molecule has 174 valence electrons. The number of ether oxygens (including phenoxy) is 2. The lowest BCUT2D eigenvalue weighted by molar-refractivity contribution is 0.00705. The Morgan fingerprint density at radius 3 is 2.79 bits per heavy atom. The van der Waals surface area contributed by atoms with Crippen LogP contribution in [0.15, 0.2) is 24.4 Å². The van der Waals surface area contributed by atoms with E-state index in [0.717, 1.165) is 16.5 Å². The molecule has 0 spiro atoms. The normalized spacial score (nSPS) is 23.6. The SMILES string of the molecule is C[C@@H]1COC[C@@]2(C)COc3c(nc(-c4ccc5nc(N)ncc5c4)nc3C(C)(C)[S+](C)[O-])N12. The highest BCUT2D eigenvalue weighted by molar-refractivity contribution is 7.91. The number of nitrogens with two attached hydrogens (primary N) is 1. The molecule has 0 saturated carbocycles. The van der Waals surface area contributed by atoms with Crippen molar-refractivity contribution in [3.05, 3.63) is 30.1 Å². The Morgan fingerprint density at radius 1 is 1.24 bits per heavy atom. The van der Waals surface area contributed by atoms with Crippen molar-refractivity contribution < 1.29 is 14.0 Å². The molecule has 5 rings (SSSR count). The molecule has 10 heteroatoms. The maximum Gasteiger partial charge on any atom is 0.220 e. The number of nitrogen functional groups attached to an aromatic ring is 1. The van der Waals surface area contributed by atoms with E-state index in [1.54, 1.807) is 12.5 Å². The molecule has 0 radical (unpaired) electrons. The molecule has 0 amide bonds. The van der Waals surface area contributed by atoms with Crippen molar-refractivity contribution in [2.24, 2.45) is 0 Å². The summed E-state index contributed by atoms with van der Waals surface area (Å²) in [5.41, 5.74) is 7.57. The molecule has 0 aliphatic carbocycles. The van der Waals surface area contributed by atoms with E-state index in [1.165, 1.54) is 0 Å². The van der Waals surface area contributed by atoms with Crippen molar-refractivity contribution in [3.8, 4) is 17.1 Å². The predicted molar refractivity (Wildman–Crippen MR) is 129 cm³/mol. The third-order valence-corrected chi connectivity index (χ3v) is 8.17. The summed E-state index contributed by atoms with van der Waals surface area (Å²) < 4.78 is 24.1. The molecular weight excluding hydrogens is 440 g/mol. The van der Waals surface area contributed by atoms with Gasteiger partial charge in [0.2, 0.25) is 5.95 Å². The third-order valence-electron chi connectivity index (χ3n) is 6.54. The summed E-state index contributed by atoms with van der Waals surface area (Å²) >= 11 is -1.19. The Kier molecular flexibility index (Phi) is 5.15. The molecule has 2 aliphatic heterocycles. The minimum atomic E-state index is -1.19. The quantitative estimate of drug-likeness (QED) is 0.578. The van der Waals surface area contributed by atoms with Gasteiger partial charge in [-0.3, -0.25) is 0 Å². The number of hydrogen-bond acceptors (Lipinski definition) is 9. The Bertz CT molecular complexity index is 1240. The molecule has 2 N–H and O–H groups in total. The zero-order chi connectivity index (χ0) is 23.5. The fourth-order valence-corrected chi connectivity index (χ4v) is 4.93. The first-order valence-corrected chi connectivity index (χ1v) is 12.4. The first kappa shape index (κ1) is 22.1. The van der Waals surface area contributed by atoms with Crippen molar-refractivity contribution in [3.63, 3.8) is 0 Å². The van der Waals surface area contributed by atoms with E-state index in [1.807, 2.05) is 32.0 Å². The largest absolute Gasteiger partial charge is 0.616 e. The van der Waals surface area contributed by atoms with E-state index in [4.69, 9.17) is 25.2 Å². The van der Waals surface area contributed by atoms with Crippen LogP contribution in [-0.2, 0) is 20.7 Å². The third kappa shape index (κ3) is 3.56. The van der Waals surface area contributed by atoms with E-state index >= 15 is 0 Å². The fourth-order valence-electron chi connectivity index (χ4n) is 4.52. The average Bonchev–Trinajstić information content (AvgIpc) is 2.77. The van der Waals surface area contributed by atoms with Crippen LogP contribution in [0.2, 0.25) is 0 Å². The van der Waals surface area contributed by atoms with Crippen LogP contribution >= 0.6 is 0 Å². The molecule has 4 heterocycles. The summed E-state index contributed by atoms with van der Waals surface area (Å²) in [5, 5.41) is 0.837. The van der Waals surface area contributed by atoms with Crippen LogP contribution in [-0.4, -0.2) is 62.1 Å². The number of nitrogens with zero attached hydrogens (tertiary/aromatic N) is 5. The summed E-state index contributed by atoms with van der Waals surface area (Å²) in [7, 11) is 0. The van der Waals surface area contributed by atoms with Crippen molar-refractivity contribution in [2.75, 3.05) is 36.7 Å². The summed E-state index contributed by atoms with van der Waals surface area (Å²) in [4.78, 5) is 20.6. The molecule has 2 aliphatic rings. The molecule has 33 heavy (non-hydrogen) atoms. The lowest BCUT2D eigenvalue weighted by Crippen LogP contribution is -2.64. The minimum Gasteiger partial charge on any atom is -0.616 e. The number of aromatic nitrogens is 4. The van der Waals surface area contributed by atoms with E-state index in [9.17, 15) is 4.55 Å². The number of morpholine rings is 1. The zero-order valence-electron chi connectivity index (χ0n) is 19.5. The smallest absolute Gasteiger partial charge is 0.220 e. The van der Waals surface area contributed by atoms with Gasteiger partial charge >= 0.3 is 0 Å². The van der Waals surface area contributed by atoms with Gasteiger partial charge in [-0.15, -0.1) is 0 Å². The van der Waals surface area contributed by atoms with Gasteiger partial charge in [-0.25, -0.2) is 19.9 Å². The summed E-state index contributed by atoms with van der Waals surface area (Å²) in [6.07, 6.45) is 3.38. The Labute approximate surface area is 195 Å². The second-order valence-electron chi connectivity index (χ2n) is 9.53. The van der Waals surface area contributed by atoms with Crippen LogP contribution in [0.4, 0.5) is 11.8 Å². The highest BCUT2D eigenvalue weighted by atomic mass is 32.2. The molecule has 2 aromatic heterocycles. The lowest BCUT2D eigenvalue weighted by atomic mass is 9.95. The maximum atomic E-state index is 12.7. The van der Waals surface area contributed by atoms with E-state index in [-0.39, 0.29) is 17.5 Å². The standard InChI is InChI=1S/C23H28N6O3S/c1-13-10-31-11-23(4)12-32-17-18(22(2,3)33(5)30)27-19(28-20(17)29(13)23)14-6-7-16-15(8-14)9-25-21(24)26-16/h6-9,13H,10-12H2,1-5H3,(H2,24,25,26)/t13-,23+,33?/m1/s1. The number of hydrogen-bond donors (Lipinski definition) is 1. The van der Waals surface area contributed by atoms with Gasteiger partial charge in [-0.2, -0.15) is 0 Å². The number of benzene rings is 1. The van der Waals surface area contributed by atoms with E-state index in [0.29, 0.717) is 42.9 Å². The van der Waals surface area contributed by atoms with E-state index in [2.05, 4.69) is 28.7 Å². The van der Waals surface area contributed by atoms with Crippen molar-refractivity contribution >= 4 is 33.8 Å². The van der Waals surface area contributed by atoms with Gasteiger partial charge in [0.25, 0.3) is 0 Å². The van der Waals surface area contributed by atoms with Gasteiger partial charge in [0.05, 0.1) is 36.6 Å². The molecule has 1 aromatic carbocycles.